The SMILES string of the molecule is CCCCCC(=O)O[C@H]1CO[C@@H](CO)[C@H]1O. The van der Waals surface area contributed by atoms with Crippen molar-refractivity contribution in [1.29, 1.82) is 0 Å². The van der Waals surface area contributed by atoms with Gasteiger partial charge in [-0.25, -0.2) is 0 Å². The van der Waals surface area contributed by atoms with Crippen molar-refractivity contribution in [2.45, 2.75) is 50.9 Å². The van der Waals surface area contributed by atoms with Gasteiger partial charge in [0.2, 0.25) is 0 Å². The molecule has 1 fully saturated rings. The molecule has 1 aliphatic heterocycles. The van der Waals surface area contributed by atoms with Gasteiger partial charge in [-0.1, -0.05) is 19.8 Å². The standard InChI is InChI=1S/C11H20O5/c1-2-3-4-5-10(13)16-9-7-15-8(6-12)11(9)14/h8-9,11-12,14H,2-7H2,1H3/t8-,9-,11+/m0/s1. The Hall–Kier alpha value is -0.650. The molecule has 0 radical (unpaired) electrons. The monoisotopic (exact) mass is 232 g/mol. The molecule has 0 unspecified atom stereocenters. The zero-order valence-corrected chi connectivity index (χ0v) is 9.59. The van der Waals surface area contributed by atoms with Crippen molar-refractivity contribution in [2.75, 3.05) is 13.2 Å². The molecule has 0 aromatic heterocycles. The van der Waals surface area contributed by atoms with Crippen molar-refractivity contribution in [2.24, 2.45) is 0 Å². The zero-order chi connectivity index (χ0) is 12.0. The Kier molecular flexibility index (Phi) is 5.73. The highest BCUT2D eigenvalue weighted by atomic mass is 16.6. The summed E-state index contributed by atoms with van der Waals surface area (Å²) >= 11 is 0. The summed E-state index contributed by atoms with van der Waals surface area (Å²) in [6.45, 7) is 1.96. The number of esters is 1. The number of hydrogen-bond donors (Lipinski definition) is 2. The van der Waals surface area contributed by atoms with Crippen LogP contribution in [-0.2, 0) is 14.3 Å². The Morgan fingerprint density at radius 3 is 2.81 bits per heavy atom. The van der Waals surface area contributed by atoms with E-state index in [9.17, 15) is 9.90 Å². The Balaban J connectivity index is 2.24. The second kappa shape index (κ2) is 6.83. The van der Waals surface area contributed by atoms with Crippen LogP contribution in [-0.4, -0.2) is 47.7 Å². The van der Waals surface area contributed by atoms with Crippen molar-refractivity contribution in [3.8, 4) is 0 Å². The van der Waals surface area contributed by atoms with Gasteiger partial charge in [0.05, 0.1) is 13.2 Å². The van der Waals surface area contributed by atoms with Gasteiger partial charge in [0.1, 0.15) is 12.2 Å². The minimum atomic E-state index is -0.917. The maximum absolute atomic E-state index is 11.4. The van der Waals surface area contributed by atoms with Crippen LogP contribution in [0.1, 0.15) is 32.6 Å². The maximum atomic E-state index is 11.4. The predicted octanol–water partition coefficient (Wildman–Crippen LogP) is 0.230. The van der Waals surface area contributed by atoms with Crippen LogP contribution in [0, 0.1) is 0 Å². The Labute approximate surface area is 95.4 Å². The molecule has 0 aromatic rings. The van der Waals surface area contributed by atoms with E-state index in [0.717, 1.165) is 19.3 Å². The van der Waals surface area contributed by atoms with Gasteiger partial charge < -0.3 is 19.7 Å². The van der Waals surface area contributed by atoms with Gasteiger partial charge >= 0.3 is 5.97 Å². The quantitative estimate of drug-likeness (QED) is 0.506. The lowest BCUT2D eigenvalue weighted by atomic mass is 10.1. The first-order valence-electron chi connectivity index (χ1n) is 5.79. The summed E-state index contributed by atoms with van der Waals surface area (Å²) in [5.41, 5.74) is 0. The molecule has 0 amide bonds. The zero-order valence-electron chi connectivity index (χ0n) is 9.59. The number of rotatable bonds is 6. The molecule has 5 heteroatoms. The van der Waals surface area contributed by atoms with E-state index in [1.165, 1.54) is 0 Å². The minimum Gasteiger partial charge on any atom is -0.457 e. The number of aliphatic hydroxyl groups excluding tert-OH is 2. The molecule has 0 aliphatic carbocycles. The summed E-state index contributed by atoms with van der Waals surface area (Å²) in [6, 6.07) is 0. The van der Waals surface area contributed by atoms with E-state index in [0.29, 0.717) is 6.42 Å². The summed E-state index contributed by atoms with van der Waals surface area (Å²) < 4.78 is 10.2. The van der Waals surface area contributed by atoms with Crippen molar-refractivity contribution >= 4 is 5.97 Å². The predicted molar refractivity (Wildman–Crippen MR) is 56.9 cm³/mol. The number of unbranched alkanes of at least 4 members (excludes halogenated alkanes) is 2. The molecule has 0 bridgehead atoms. The molecule has 0 spiro atoms. The summed E-state index contributed by atoms with van der Waals surface area (Å²) in [5, 5.41) is 18.4. The molecule has 0 saturated carbocycles. The molecule has 3 atom stereocenters. The number of aliphatic hydroxyl groups is 2. The number of carbonyl (C=O) groups excluding carboxylic acids is 1. The van der Waals surface area contributed by atoms with Crippen molar-refractivity contribution < 1.29 is 24.5 Å². The van der Waals surface area contributed by atoms with Crippen LogP contribution >= 0.6 is 0 Å². The third-order valence-electron chi connectivity index (χ3n) is 2.68. The first-order chi connectivity index (χ1) is 7.69. The lowest BCUT2D eigenvalue weighted by Gasteiger charge is -2.16. The first-order valence-corrected chi connectivity index (χ1v) is 5.79. The number of ether oxygens (including phenoxy) is 2. The molecule has 1 rings (SSSR count). The molecule has 5 nitrogen and oxygen atoms in total. The smallest absolute Gasteiger partial charge is 0.306 e. The molecule has 1 saturated heterocycles. The highest BCUT2D eigenvalue weighted by Gasteiger charge is 2.37. The fraction of sp³-hybridized carbons (Fsp3) is 0.909. The summed E-state index contributed by atoms with van der Waals surface area (Å²) in [7, 11) is 0. The fourth-order valence-corrected chi connectivity index (χ4v) is 1.67. The van der Waals surface area contributed by atoms with Crippen molar-refractivity contribution in [3.63, 3.8) is 0 Å². The highest BCUT2D eigenvalue weighted by molar-refractivity contribution is 5.69. The molecule has 94 valence electrons. The van der Waals surface area contributed by atoms with Crippen LogP contribution in [0.15, 0.2) is 0 Å². The van der Waals surface area contributed by atoms with E-state index in [1.807, 2.05) is 0 Å². The second-order valence-electron chi connectivity index (χ2n) is 4.03. The lowest BCUT2D eigenvalue weighted by molar-refractivity contribution is -0.153. The van der Waals surface area contributed by atoms with Gasteiger partial charge in [0, 0.05) is 6.42 Å². The van der Waals surface area contributed by atoms with Crippen molar-refractivity contribution in [3.05, 3.63) is 0 Å². The van der Waals surface area contributed by atoms with E-state index in [2.05, 4.69) is 6.92 Å². The summed E-state index contributed by atoms with van der Waals surface area (Å²) in [5.74, 6) is -0.306. The molecular weight excluding hydrogens is 212 g/mol. The molecule has 2 N–H and O–H groups in total. The van der Waals surface area contributed by atoms with Crippen LogP contribution in [0.2, 0.25) is 0 Å². The van der Waals surface area contributed by atoms with E-state index >= 15 is 0 Å². The summed E-state index contributed by atoms with van der Waals surface area (Å²) in [6.07, 6.45) is 1.05. The van der Waals surface area contributed by atoms with E-state index in [4.69, 9.17) is 14.6 Å². The normalized spacial score (nSPS) is 29.3. The average molecular weight is 232 g/mol. The second-order valence-corrected chi connectivity index (χ2v) is 4.03. The lowest BCUT2D eigenvalue weighted by Crippen LogP contribution is -2.35. The van der Waals surface area contributed by atoms with Crippen LogP contribution in [0.5, 0.6) is 0 Å². The third-order valence-corrected chi connectivity index (χ3v) is 2.68. The van der Waals surface area contributed by atoms with Crippen LogP contribution in [0.25, 0.3) is 0 Å². The van der Waals surface area contributed by atoms with Gasteiger partial charge in [0.25, 0.3) is 0 Å². The van der Waals surface area contributed by atoms with Gasteiger partial charge in [-0.05, 0) is 6.42 Å². The average Bonchev–Trinajstić information content (AvgIpc) is 2.60. The van der Waals surface area contributed by atoms with Crippen LogP contribution < -0.4 is 0 Å². The van der Waals surface area contributed by atoms with Crippen LogP contribution in [0.3, 0.4) is 0 Å². The van der Waals surface area contributed by atoms with Gasteiger partial charge in [-0.3, -0.25) is 4.79 Å². The molecule has 0 aromatic carbocycles. The number of carbonyl (C=O) groups is 1. The van der Waals surface area contributed by atoms with Gasteiger partial charge in [-0.15, -0.1) is 0 Å². The maximum Gasteiger partial charge on any atom is 0.306 e. The molecule has 1 aliphatic rings. The molecule has 1 heterocycles. The van der Waals surface area contributed by atoms with E-state index in [-0.39, 0.29) is 19.2 Å². The Morgan fingerprint density at radius 2 is 2.25 bits per heavy atom. The minimum absolute atomic E-state index is 0.159. The largest absolute Gasteiger partial charge is 0.457 e. The molecule has 16 heavy (non-hydrogen) atoms. The Morgan fingerprint density at radius 1 is 1.50 bits per heavy atom. The van der Waals surface area contributed by atoms with E-state index in [1.54, 1.807) is 0 Å². The van der Waals surface area contributed by atoms with Crippen molar-refractivity contribution in [1.82, 2.24) is 0 Å². The summed E-state index contributed by atoms with van der Waals surface area (Å²) in [4.78, 5) is 11.4. The van der Waals surface area contributed by atoms with E-state index < -0.39 is 18.3 Å². The fourth-order valence-electron chi connectivity index (χ4n) is 1.67. The first kappa shape index (κ1) is 13.4. The van der Waals surface area contributed by atoms with Crippen LogP contribution in [0.4, 0.5) is 0 Å². The highest BCUT2D eigenvalue weighted by Crippen LogP contribution is 2.17. The number of hydrogen-bond acceptors (Lipinski definition) is 5. The topological polar surface area (TPSA) is 76.0 Å². The van der Waals surface area contributed by atoms with Gasteiger partial charge in [-0.2, -0.15) is 0 Å². The van der Waals surface area contributed by atoms with Gasteiger partial charge in [0.15, 0.2) is 6.10 Å². The Bertz CT molecular complexity index is 218. The molecular formula is C11H20O5. The third kappa shape index (κ3) is 3.73.